The maximum Gasteiger partial charge on any atom is 0.252 e. The highest BCUT2D eigenvalue weighted by atomic mass is 32.2. The SMILES string of the molecule is CN=C(NCc1ccc(S(=O)(=O)N2CCCCC2)s1)N1CCC(COC)C1. The van der Waals surface area contributed by atoms with E-state index in [9.17, 15) is 8.42 Å². The second-order valence-corrected chi connectivity index (χ2v) is 10.5. The Morgan fingerprint density at radius 2 is 2.07 bits per heavy atom. The van der Waals surface area contributed by atoms with Gasteiger partial charge in [-0.1, -0.05) is 6.42 Å². The minimum absolute atomic E-state index is 0.442. The van der Waals surface area contributed by atoms with Crippen LogP contribution < -0.4 is 5.32 Å². The highest BCUT2D eigenvalue weighted by molar-refractivity contribution is 7.91. The van der Waals surface area contributed by atoms with Crippen LogP contribution in [0.2, 0.25) is 0 Å². The molecule has 1 aromatic heterocycles. The van der Waals surface area contributed by atoms with E-state index in [0.717, 1.165) is 56.2 Å². The van der Waals surface area contributed by atoms with Crippen molar-refractivity contribution in [3.05, 3.63) is 17.0 Å². The summed E-state index contributed by atoms with van der Waals surface area (Å²) in [5, 5.41) is 3.37. The summed E-state index contributed by atoms with van der Waals surface area (Å²) in [7, 11) is 0.177. The fourth-order valence-corrected chi connectivity index (χ4v) is 6.69. The molecule has 7 nitrogen and oxygen atoms in total. The number of ether oxygens (including phenoxy) is 1. The van der Waals surface area contributed by atoms with Gasteiger partial charge in [-0.3, -0.25) is 4.99 Å². The van der Waals surface area contributed by atoms with Gasteiger partial charge in [0.15, 0.2) is 5.96 Å². The van der Waals surface area contributed by atoms with Gasteiger partial charge in [-0.05, 0) is 31.4 Å². The van der Waals surface area contributed by atoms with Crippen LogP contribution >= 0.6 is 11.3 Å². The van der Waals surface area contributed by atoms with Gasteiger partial charge < -0.3 is 15.0 Å². The third-order valence-corrected chi connectivity index (χ3v) is 8.62. The number of nitrogens with zero attached hydrogens (tertiary/aromatic N) is 3. The molecule has 1 N–H and O–H groups in total. The summed E-state index contributed by atoms with van der Waals surface area (Å²) in [5.74, 6) is 1.40. The van der Waals surface area contributed by atoms with Crippen LogP contribution in [0, 0.1) is 5.92 Å². The largest absolute Gasteiger partial charge is 0.384 e. The first kappa shape index (κ1) is 20.6. The Labute approximate surface area is 166 Å². The van der Waals surface area contributed by atoms with E-state index in [1.165, 1.54) is 11.3 Å². The van der Waals surface area contributed by atoms with Gasteiger partial charge in [0.05, 0.1) is 13.2 Å². The monoisotopic (exact) mass is 414 g/mol. The lowest BCUT2D eigenvalue weighted by molar-refractivity contribution is 0.157. The highest BCUT2D eigenvalue weighted by Crippen LogP contribution is 2.27. The Hall–Kier alpha value is -1.16. The molecule has 0 spiro atoms. The van der Waals surface area contributed by atoms with Crippen LogP contribution in [0.25, 0.3) is 0 Å². The number of hydrogen-bond donors (Lipinski definition) is 1. The fourth-order valence-electron chi connectivity index (χ4n) is 3.72. The fraction of sp³-hybridized carbons (Fsp3) is 0.722. The third kappa shape index (κ3) is 5.01. The number of aliphatic imine (C=N–C) groups is 1. The summed E-state index contributed by atoms with van der Waals surface area (Å²) in [6.45, 7) is 4.53. The molecule has 0 radical (unpaired) electrons. The van der Waals surface area contributed by atoms with Gasteiger partial charge in [0, 0.05) is 51.1 Å². The normalized spacial score (nSPS) is 22.4. The summed E-state index contributed by atoms with van der Waals surface area (Å²) in [4.78, 5) is 7.62. The number of methoxy groups -OCH3 is 1. The van der Waals surface area contributed by atoms with E-state index in [1.54, 1.807) is 24.5 Å². The summed E-state index contributed by atoms with van der Waals surface area (Å²) in [6, 6.07) is 3.64. The van der Waals surface area contributed by atoms with Gasteiger partial charge in [-0.2, -0.15) is 4.31 Å². The van der Waals surface area contributed by atoms with Crippen molar-refractivity contribution in [2.75, 3.05) is 46.9 Å². The zero-order chi connectivity index (χ0) is 19.3. The lowest BCUT2D eigenvalue weighted by atomic mass is 10.1. The van der Waals surface area contributed by atoms with E-state index in [4.69, 9.17) is 4.74 Å². The standard InChI is InChI=1S/C18H30N4O3S2/c1-19-18(21-11-8-15(13-21)14-25-2)20-12-16-6-7-17(26-16)27(23,24)22-9-4-3-5-10-22/h6-7,15H,3-5,8-14H2,1-2H3,(H,19,20). The number of rotatable bonds is 6. The highest BCUT2D eigenvalue weighted by Gasteiger charge is 2.28. The van der Waals surface area contributed by atoms with Gasteiger partial charge in [0.2, 0.25) is 0 Å². The molecule has 9 heteroatoms. The Bertz CT molecular complexity index is 742. The maximum absolute atomic E-state index is 12.8. The molecule has 0 aromatic carbocycles. The number of sulfonamides is 1. The predicted molar refractivity (Wildman–Crippen MR) is 109 cm³/mol. The number of piperidine rings is 1. The summed E-state index contributed by atoms with van der Waals surface area (Å²) in [6.07, 6.45) is 4.13. The smallest absolute Gasteiger partial charge is 0.252 e. The second-order valence-electron chi connectivity index (χ2n) is 7.14. The molecule has 0 amide bonds. The van der Waals surface area contributed by atoms with Crippen LogP contribution in [-0.2, 0) is 21.3 Å². The number of thiophene rings is 1. The first-order valence-corrected chi connectivity index (χ1v) is 11.8. The summed E-state index contributed by atoms with van der Waals surface area (Å²) >= 11 is 1.35. The van der Waals surface area contributed by atoms with Gasteiger partial charge >= 0.3 is 0 Å². The summed E-state index contributed by atoms with van der Waals surface area (Å²) < 4.78 is 32.9. The first-order valence-electron chi connectivity index (χ1n) is 9.58. The van der Waals surface area contributed by atoms with Gasteiger partial charge in [0.1, 0.15) is 4.21 Å². The van der Waals surface area contributed by atoms with Crippen LogP contribution in [0.4, 0.5) is 0 Å². The lowest BCUT2D eigenvalue weighted by Gasteiger charge is -2.25. The Kier molecular flexibility index (Phi) is 7.13. The minimum Gasteiger partial charge on any atom is -0.384 e. The maximum atomic E-state index is 12.8. The van der Waals surface area contributed by atoms with Crippen LogP contribution in [0.1, 0.15) is 30.6 Å². The zero-order valence-corrected chi connectivity index (χ0v) is 17.8. The van der Waals surface area contributed by atoms with E-state index in [0.29, 0.717) is 29.8 Å². The van der Waals surface area contributed by atoms with Crippen molar-refractivity contribution < 1.29 is 13.2 Å². The van der Waals surface area contributed by atoms with Gasteiger partial charge in [-0.25, -0.2) is 8.42 Å². The molecule has 2 aliphatic rings. The van der Waals surface area contributed by atoms with E-state index < -0.39 is 10.0 Å². The van der Waals surface area contributed by atoms with Crippen LogP contribution in [0.3, 0.4) is 0 Å². The number of nitrogens with one attached hydrogen (secondary N) is 1. The van der Waals surface area contributed by atoms with Crippen molar-refractivity contribution in [3.63, 3.8) is 0 Å². The van der Waals surface area contributed by atoms with Crippen molar-refractivity contribution in [2.45, 2.75) is 36.4 Å². The molecule has 1 aromatic rings. The topological polar surface area (TPSA) is 74.2 Å². The first-order chi connectivity index (χ1) is 13.0. The third-order valence-electron chi connectivity index (χ3n) is 5.17. The number of hydrogen-bond acceptors (Lipinski definition) is 5. The molecule has 0 aliphatic carbocycles. The second kappa shape index (κ2) is 9.36. The molecule has 2 fully saturated rings. The molecule has 0 saturated carbocycles. The van der Waals surface area contributed by atoms with Crippen LogP contribution in [0.5, 0.6) is 0 Å². The van der Waals surface area contributed by atoms with E-state index >= 15 is 0 Å². The number of guanidine groups is 1. The molecular weight excluding hydrogens is 384 g/mol. The Morgan fingerprint density at radius 3 is 2.78 bits per heavy atom. The molecule has 1 unspecified atom stereocenters. The predicted octanol–water partition coefficient (Wildman–Crippen LogP) is 1.97. The molecule has 27 heavy (non-hydrogen) atoms. The molecule has 3 rings (SSSR count). The molecule has 152 valence electrons. The van der Waals surface area contributed by atoms with Crippen LogP contribution in [0.15, 0.2) is 21.3 Å². The summed E-state index contributed by atoms with van der Waals surface area (Å²) in [5.41, 5.74) is 0. The Balaban J connectivity index is 1.57. The van der Waals surface area contributed by atoms with Crippen molar-refractivity contribution in [1.82, 2.24) is 14.5 Å². The van der Waals surface area contributed by atoms with Crippen molar-refractivity contribution >= 4 is 27.3 Å². The van der Waals surface area contributed by atoms with Crippen molar-refractivity contribution in [3.8, 4) is 0 Å². The quantitative estimate of drug-likeness (QED) is 0.569. The molecule has 2 saturated heterocycles. The van der Waals surface area contributed by atoms with E-state index in [-0.39, 0.29) is 0 Å². The van der Waals surface area contributed by atoms with E-state index in [1.807, 2.05) is 6.07 Å². The Morgan fingerprint density at radius 1 is 1.30 bits per heavy atom. The molecule has 3 heterocycles. The van der Waals surface area contributed by atoms with Gasteiger partial charge in [-0.15, -0.1) is 11.3 Å². The molecular formula is C18H30N4O3S2. The van der Waals surface area contributed by atoms with Crippen LogP contribution in [-0.4, -0.2) is 70.5 Å². The molecule has 1 atom stereocenters. The molecule has 0 bridgehead atoms. The average Bonchev–Trinajstić information content (AvgIpc) is 3.34. The van der Waals surface area contributed by atoms with Crippen molar-refractivity contribution in [1.29, 1.82) is 0 Å². The van der Waals surface area contributed by atoms with Crippen molar-refractivity contribution in [2.24, 2.45) is 10.9 Å². The zero-order valence-electron chi connectivity index (χ0n) is 16.2. The lowest BCUT2D eigenvalue weighted by Crippen LogP contribution is -2.39. The van der Waals surface area contributed by atoms with E-state index in [2.05, 4.69) is 15.2 Å². The molecule has 2 aliphatic heterocycles. The average molecular weight is 415 g/mol. The minimum atomic E-state index is -3.35. The van der Waals surface area contributed by atoms with Gasteiger partial charge in [0.25, 0.3) is 10.0 Å². The number of likely N-dealkylation sites (tertiary alicyclic amines) is 1.